The molecule has 1 atom stereocenters. The smallest absolute Gasteiger partial charge is 0.0651 e. The highest BCUT2D eigenvalue weighted by molar-refractivity contribution is 5.42. The van der Waals surface area contributed by atoms with E-state index in [9.17, 15) is 0 Å². The Hall–Kier alpha value is -1.02. The summed E-state index contributed by atoms with van der Waals surface area (Å²) in [6.07, 6.45) is 13.0. The van der Waals surface area contributed by atoms with Crippen LogP contribution in [-0.4, -0.2) is 19.3 Å². The van der Waals surface area contributed by atoms with E-state index in [2.05, 4.69) is 49.5 Å². The average molecular weight is 320 g/mol. The molecule has 1 rings (SSSR count). The van der Waals surface area contributed by atoms with Crippen LogP contribution in [0.3, 0.4) is 0 Å². The van der Waals surface area contributed by atoms with Crippen LogP contribution < -0.4 is 5.32 Å². The molecule has 1 aromatic rings. The van der Waals surface area contributed by atoms with Crippen LogP contribution in [0.2, 0.25) is 0 Å². The highest BCUT2D eigenvalue weighted by Gasteiger charge is 2.22. The molecule has 0 aliphatic carbocycles. The van der Waals surface area contributed by atoms with Crippen molar-refractivity contribution < 1.29 is 4.74 Å². The number of hydrogen-bond donors (Lipinski definition) is 1. The van der Waals surface area contributed by atoms with Gasteiger partial charge >= 0.3 is 0 Å². The number of nitrogens with one attached hydrogen (secondary N) is 1. The lowest BCUT2D eigenvalue weighted by molar-refractivity contribution is -0.0109. The van der Waals surface area contributed by atoms with Crippen molar-refractivity contribution in [3.05, 3.63) is 30.3 Å². The molecule has 0 aromatic heterocycles. The Balaban J connectivity index is 2.10. The summed E-state index contributed by atoms with van der Waals surface area (Å²) in [5, 5.41) is 3.48. The Morgan fingerprint density at radius 2 is 1.48 bits per heavy atom. The van der Waals surface area contributed by atoms with Crippen molar-refractivity contribution in [1.82, 2.24) is 0 Å². The Bertz CT molecular complexity index is 379. The summed E-state index contributed by atoms with van der Waals surface area (Å²) in [5.74, 6) is 0. The van der Waals surface area contributed by atoms with Gasteiger partial charge < -0.3 is 10.1 Å². The lowest BCUT2D eigenvalue weighted by Gasteiger charge is -2.28. The Morgan fingerprint density at radius 1 is 0.870 bits per heavy atom. The Labute approximate surface area is 144 Å². The van der Waals surface area contributed by atoms with E-state index in [1.165, 1.54) is 57.1 Å². The van der Waals surface area contributed by atoms with Crippen molar-refractivity contribution in [2.24, 2.45) is 0 Å². The van der Waals surface area contributed by atoms with Gasteiger partial charge in [0.05, 0.1) is 5.60 Å². The van der Waals surface area contributed by atoms with Crippen LogP contribution in [0.15, 0.2) is 30.3 Å². The molecule has 0 fully saturated rings. The summed E-state index contributed by atoms with van der Waals surface area (Å²) in [5.41, 5.74) is 1.25. The normalized spacial score (nSPS) is 13.7. The van der Waals surface area contributed by atoms with Gasteiger partial charge in [-0.2, -0.15) is 0 Å². The number of rotatable bonds is 14. The van der Waals surface area contributed by atoms with Gasteiger partial charge in [-0.1, -0.05) is 70.1 Å². The predicted molar refractivity (Wildman–Crippen MR) is 102 cm³/mol. The zero-order valence-corrected chi connectivity index (χ0v) is 15.6. The van der Waals surface area contributed by atoms with Crippen molar-refractivity contribution in [2.75, 3.05) is 19.0 Å². The van der Waals surface area contributed by atoms with E-state index in [1.807, 2.05) is 7.11 Å². The average Bonchev–Trinajstić information content (AvgIpc) is 2.59. The van der Waals surface area contributed by atoms with Crippen LogP contribution in [0.5, 0.6) is 0 Å². The lowest BCUT2D eigenvalue weighted by Crippen LogP contribution is -2.28. The first-order valence-electron chi connectivity index (χ1n) is 9.54. The van der Waals surface area contributed by atoms with Gasteiger partial charge in [-0.15, -0.1) is 0 Å². The number of hydrogen-bond acceptors (Lipinski definition) is 2. The molecule has 0 saturated heterocycles. The monoisotopic (exact) mass is 319 g/mol. The standard InChI is InChI=1S/C21H37NO/c1-4-5-6-7-8-9-13-17-21(2,23-3)18-14-19-22-20-15-11-10-12-16-20/h10-12,15-16,22H,4-9,13-14,17-19H2,1-3H3. The van der Waals surface area contributed by atoms with Gasteiger partial charge in [-0.25, -0.2) is 0 Å². The topological polar surface area (TPSA) is 21.3 Å². The van der Waals surface area contributed by atoms with Crippen molar-refractivity contribution in [1.29, 1.82) is 0 Å². The molecule has 132 valence electrons. The second kappa shape index (κ2) is 12.4. The minimum absolute atomic E-state index is 0.0434. The quantitative estimate of drug-likeness (QED) is 0.399. The molecule has 23 heavy (non-hydrogen) atoms. The highest BCUT2D eigenvalue weighted by Crippen LogP contribution is 2.24. The molecule has 1 unspecified atom stereocenters. The summed E-state index contributed by atoms with van der Waals surface area (Å²) in [6.45, 7) is 5.56. The van der Waals surface area contributed by atoms with E-state index in [4.69, 9.17) is 4.74 Å². The number of anilines is 1. The van der Waals surface area contributed by atoms with Gasteiger partial charge in [-0.05, 0) is 38.3 Å². The maximum absolute atomic E-state index is 5.81. The van der Waals surface area contributed by atoms with Gasteiger partial charge in [-0.3, -0.25) is 0 Å². The van der Waals surface area contributed by atoms with Crippen LogP contribution in [-0.2, 0) is 4.74 Å². The number of unbranched alkanes of at least 4 members (excludes halogenated alkanes) is 6. The molecule has 0 aliphatic rings. The molecule has 1 N–H and O–H groups in total. The van der Waals surface area contributed by atoms with Gasteiger partial charge in [0, 0.05) is 19.3 Å². The van der Waals surface area contributed by atoms with E-state index in [-0.39, 0.29) is 5.60 Å². The molecule has 2 heteroatoms. The lowest BCUT2D eigenvalue weighted by atomic mass is 9.92. The van der Waals surface area contributed by atoms with Crippen molar-refractivity contribution in [3.8, 4) is 0 Å². The molecular formula is C21H37NO. The molecule has 0 spiro atoms. The second-order valence-corrected chi connectivity index (χ2v) is 6.92. The molecule has 0 saturated carbocycles. The summed E-state index contributed by atoms with van der Waals surface area (Å²) >= 11 is 0. The van der Waals surface area contributed by atoms with E-state index < -0.39 is 0 Å². The summed E-state index contributed by atoms with van der Waals surface area (Å²) in [7, 11) is 1.87. The minimum atomic E-state index is 0.0434. The first-order valence-corrected chi connectivity index (χ1v) is 9.54. The van der Waals surface area contributed by atoms with Crippen molar-refractivity contribution in [2.45, 2.75) is 83.7 Å². The fourth-order valence-corrected chi connectivity index (χ4v) is 3.04. The Kier molecular flexibility index (Phi) is 10.8. The van der Waals surface area contributed by atoms with Gasteiger partial charge in [0.2, 0.25) is 0 Å². The second-order valence-electron chi connectivity index (χ2n) is 6.92. The molecule has 0 amide bonds. The SMILES string of the molecule is CCCCCCCCCC(C)(CCCNc1ccccc1)OC. The van der Waals surface area contributed by atoms with E-state index in [0.29, 0.717) is 0 Å². The maximum atomic E-state index is 5.81. The molecule has 0 bridgehead atoms. The molecular weight excluding hydrogens is 282 g/mol. The highest BCUT2D eigenvalue weighted by atomic mass is 16.5. The third-order valence-electron chi connectivity index (χ3n) is 4.79. The minimum Gasteiger partial charge on any atom is -0.385 e. The van der Waals surface area contributed by atoms with E-state index in [1.54, 1.807) is 0 Å². The van der Waals surface area contributed by atoms with Gasteiger partial charge in [0.15, 0.2) is 0 Å². The third kappa shape index (κ3) is 9.65. The zero-order valence-electron chi connectivity index (χ0n) is 15.6. The van der Waals surface area contributed by atoms with Crippen LogP contribution >= 0.6 is 0 Å². The van der Waals surface area contributed by atoms with Gasteiger partial charge in [0.1, 0.15) is 0 Å². The first-order chi connectivity index (χ1) is 11.2. The largest absolute Gasteiger partial charge is 0.385 e. The predicted octanol–water partition coefficient (Wildman–Crippen LogP) is 6.42. The Morgan fingerprint density at radius 3 is 2.13 bits per heavy atom. The zero-order chi connectivity index (χ0) is 16.8. The van der Waals surface area contributed by atoms with Crippen LogP contribution in [0.25, 0.3) is 0 Å². The molecule has 0 radical (unpaired) electrons. The van der Waals surface area contributed by atoms with Crippen molar-refractivity contribution in [3.63, 3.8) is 0 Å². The van der Waals surface area contributed by atoms with Crippen molar-refractivity contribution >= 4 is 5.69 Å². The molecule has 0 heterocycles. The van der Waals surface area contributed by atoms with Crippen LogP contribution in [0.1, 0.15) is 78.1 Å². The third-order valence-corrected chi connectivity index (χ3v) is 4.79. The van der Waals surface area contributed by atoms with Crippen LogP contribution in [0.4, 0.5) is 5.69 Å². The molecule has 2 nitrogen and oxygen atoms in total. The van der Waals surface area contributed by atoms with E-state index >= 15 is 0 Å². The number of benzene rings is 1. The maximum Gasteiger partial charge on any atom is 0.0651 e. The van der Waals surface area contributed by atoms with Gasteiger partial charge in [0.25, 0.3) is 0 Å². The summed E-state index contributed by atoms with van der Waals surface area (Å²) < 4.78 is 5.81. The first kappa shape index (κ1) is 20.0. The fourth-order valence-electron chi connectivity index (χ4n) is 3.04. The van der Waals surface area contributed by atoms with Crippen LogP contribution in [0, 0.1) is 0 Å². The number of ether oxygens (including phenoxy) is 1. The van der Waals surface area contributed by atoms with E-state index in [0.717, 1.165) is 19.4 Å². The summed E-state index contributed by atoms with van der Waals surface area (Å²) in [4.78, 5) is 0. The molecule has 1 aromatic carbocycles. The molecule has 0 aliphatic heterocycles. The summed E-state index contributed by atoms with van der Waals surface area (Å²) in [6, 6.07) is 10.4. The fraction of sp³-hybridized carbons (Fsp3) is 0.714. The number of methoxy groups -OCH3 is 1. The number of para-hydroxylation sites is 1.